The van der Waals surface area contributed by atoms with E-state index >= 15 is 0 Å². The number of rotatable bonds is 2. The van der Waals surface area contributed by atoms with Gasteiger partial charge in [0.25, 0.3) is 0 Å². The third-order valence-corrected chi connectivity index (χ3v) is 2.03. The average Bonchev–Trinajstić information content (AvgIpc) is 2.12. The predicted molar refractivity (Wildman–Crippen MR) is 50.0 cm³/mol. The van der Waals surface area contributed by atoms with Gasteiger partial charge in [-0.2, -0.15) is 0 Å². The molecule has 0 saturated heterocycles. The second-order valence-electron chi connectivity index (χ2n) is 3.13. The average molecular weight is 199 g/mol. The molecule has 14 heavy (non-hydrogen) atoms. The first-order valence-electron chi connectivity index (χ1n) is 4.12. The van der Waals surface area contributed by atoms with Gasteiger partial charge < -0.3 is 26.2 Å². The van der Waals surface area contributed by atoms with Crippen LogP contribution in [0.2, 0.25) is 0 Å². The Kier molecular flexibility index (Phi) is 2.83. The minimum atomic E-state index is -0.943. The van der Waals surface area contributed by atoms with Gasteiger partial charge in [0.2, 0.25) is 0 Å². The van der Waals surface area contributed by atoms with Crippen LogP contribution in [0.1, 0.15) is 18.5 Å². The summed E-state index contributed by atoms with van der Waals surface area (Å²) in [5.74, 6) is -1.14. The molecule has 0 aliphatic carbocycles. The van der Waals surface area contributed by atoms with Gasteiger partial charge in [0.15, 0.2) is 11.5 Å². The molecule has 0 heterocycles. The Balaban J connectivity index is 3.25. The minimum Gasteiger partial charge on any atom is -0.507 e. The van der Waals surface area contributed by atoms with Crippen molar-refractivity contribution < 1.29 is 20.4 Å². The summed E-state index contributed by atoms with van der Waals surface area (Å²) in [5.41, 5.74) is 5.47. The molecular weight excluding hydrogens is 186 g/mol. The second kappa shape index (κ2) is 3.73. The summed E-state index contributed by atoms with van der Waals surface area (Å²) in [6.07, 6.45) is -0.936. The van der Waals surface area contributed by atoms with E-state index in [1.807, 2.05) is 0 Å². The molecule has 5 nitrogen and oxygen atoms in total. The number of benzene rings is 1. The maximum absolute atomic E-state index is 9.40. The van der Waals surface area contributed by atoms with Crippen LogP contribution in [0.15, 0.2) is 12.1 Å². The lowest BCUT2D eigenvalue weighted by atomic mass is 10.0. The van der Waals surface area contributed by atoms with Crippen molar-refractivity contribution in [3.8, 4) is 17.2 Å². The van der Waals surface area contributed by atoms with Gasteiger partial charge in [0.05, 0.1) is 17.7 Å². The minimum absolute atomic E-state index is 0.0556. The van der Waals surface area contributed by atoms with E-state index in [1.165, 1.54) is 13.0 Å². The highest BCUT2D eigenvalue weighted by Gasteiger charge is 2.21. The highest BCUT2D eigenvalue weighted by molar-refractivity contribution is 5.53. The fourth-order valence-electron chi connectivity index (χ4n) is 1.16. The molecule has 2 atom stereocenters. The highest BCUT2D eigenvalue weighted by atomic mass is 16.3. The van der Waals surface area contributed by atoms with Gasteiger partial charge in [-0.1, -0.05) is 0 Å². The van der Waals surface area contributed by atoms with E-state index in [1.54, 1.807) is 0 Å². The summed E-state index contributed by atoms with van der Waals surface area (Å²) >= 11 is 0. The lowest BCUT2D eigenvalue weighted by Crippen LogP contribution is -2.23. The fourth-order valence-corrected chi connectivity index (χ4v) is 1.16. The largest absolute Gasteiger partial charge is 0.507 e. The number of aliphatic hydroxyl groups excluding tert-OH is 1. The van der Waals surface area contributed by atoms with Crippen LogP contribution < -0.4 is 5.73 Å². The van der Waals surface area contributed by atoms with Crippen molar-refractivity contribution in [3.05, 3.63) is 17.7 Å². The number of nitrogens with two attached hydrogens (primary N) is 1. The standard InChI is InChI=1S/C9H13NO4/c1-4(11)8(10)7-5(12)2-3-6(13)9(7)14/h2-4,8,11-14H,10H2,1H3/t4-,8-/m1/s1. The van der Waals surface area contributed by atoms with E-state index < -0.39 is 17.9 Å². The molecule has 0 fully saturated rings. The normalized spacial score (nSPS) is 15.1. The highest BCUT2D eigenvalue weighted by Crippen LogP contribution is 2.39. The lowest BCUT2D eigenvalue weighted by Gasteiger charge is -2.18. The summed E-state index contributed by atoms with van der Waals surface area (Å²) in [4.78, 5) is 0. The molecule has 0 spiro atoms. The first-order valence-corrected chi connectivity index (χ1v) is 4.12. The van der Waals surface area contributed by atoms with E-state index in [0.29, 0.717) is 0 Å². The van der Waals surface area contributed by atoms with Gasteiger partial charge in [-0.05, 0) is 19.1 Å². The molecule has 6 N–H and O–H groups in total. The Morgan fingerprint density at radius 2 is 1.64 bits per heavy atom. The van der Waals surface area contributed by atoms with Crippen LogP contribution in [0.5, 0.6) is 17.2 Å². The van der Waals surface area contributed by atoms with Crippen LogP contribution >= 0.6 is 0 Å². The van der Waals surface area contributed by atoms with Gasteiger partial charge >= 0.3 is 0 Å². The van der Waals surface area contributed by atoms with Crippen LogP contribution in [-0.4, -0.2) is 26.5 Å². The summed E-state index contributed by atoms with van der Waals surface area (Å²) in [7, 11) is 0. The van der Waals surface area contributed by atoms with Crippen molar-refractivity contribution in [1.82, 2.24) is 0 Å². The molecule has 78 valence electrons. The van der Waals surface area contributed by atoms with Crippen LogP contribution in [0.3, 0.4) is 0 Å². The van der Waals surface area contributed by atoms with Crippen LogP contribution in [0, 0.1) is 0 Å². The van der Waals surface area contributed by atoms with Crippen molar-refractivity contribution in [2.75, 3.05) is 0 Å². The van der Waals surface area contributed by atoms with Gasteiger partial charge in [-0.3, -0.25) is 0 Å². The van der Waals surface area contributed by atoms with Crippen molar-refractivity contribution in [2.45, 2.75) is 19.1 Å². The molecule has 0 saturated carbocycles. The van der Waals surface area contributed by atoms with Gasteiger partial charge in [-0.15, -0.1) is 0 Å². The van der Waals surface area contributed by atoms with Crippen LogP contribution in [0.4, 0.5) is 0 Å². The molecular formula is C9H13NO4. The quantitative estimate of drug-likeness (QED) is 0.345. The van der Waals surface area contributed by atoms with Crippen molar-refractivity contribution >= 4 is 0 Å². The Morgan fingerprint density at radius 3 is 2.14 bits per heavy atom. The van der Waals surface area contributed by atoms with E-state index in [2.05, 4.69) is 0 Å². The molecule has 1 aromatic rings. The smallest absolute Gasteiger partial charge is 0.166 e. The topological polar surface area (TPSA) is 107 Å². The molecule has 1 rings (SSSR count). The Hall–Kier alpha value is -1.46. The monoisotopic (exact) mass is 199 g/mol. The van der Waals surface area contributed by atoms with Crippen molar-refractivity contribution in [1.29, 1.82) is 0 Å². The first-order chi connectivity index (χ1) is 6.45. The van der Waals surface area contributed by atoms with E-state index in [-0.39, 0.29) is 17.1 Å². The Morgan fingerprint density at radius 1 is 1.14 bits per heavy atom. The second-order valence-corrected chi connectivity index (χ2v) is 3.13. The van der Waals surface area contributed by atoms with Gasteiger partial charge in [0.1, 0.15) is 5.75 Å². The zero-order chi connectivity index (χ0) is 10.9. The molecule has 0 aromatic heterocycles. The number of phenols is 3. The van der Waals surface area contributed by atoms with E-state index in [0.717, 1.165) is 6.07 Å². The third-order valence-electron chi connectivity index (χ3n) is 2.03. The number of phenolic OH excluding ortho intramolecular Hbond substituents is 3. The third kappa shape index (κ3) is 1.73. The molecule has 0 unspecified atom stereocenters. The fraction of sp³-hybridized carbons (Fsp3) is 0.333. The van der Waals surface area contributed by atoms with Crippen molar-refractivity contribution in [2.24, 2.45) is 5.73 Å². The molecule has 0 amide bonds. The Bertz CT molecular complexity index is 338. The van der Waals surface area contributed by atoms with Crippen LogP contribution in [0.25, 0.3) is 0 Å². The summed E-state index contributed by atoms with van der Waals surface area (Å²) in [5, 5.41) is 37.1. The molecule has 5 heteroatoms. The number of aromatic hydroxyl groups is 3. The SMILES string of the molecule is C[C@@H](O)[C@@H](N)c1c(O)ccc(O)c1O. The first kappa shape index (κ1) is 10.6. The molecule has 0 aliphatic heterocycles. The number of hydrogen-bond donors (Lipinski definition) is 5. The van der Waals surface area contributed by atoms with Gasteiger partial charge in [-0.25, -0.2) is 0 Å². The molecule has 0 bridgehead atoms. The van der Waals surface area contributed by atoms with Crippen molar-refractivity contribution in [3.63, 3.8) is 0 Å². The van der Waals surface area contributed by atoms with E-state index in [9.17, 15) is 15.3 Å². The maximum atomic E-state index is 9.40. The number of hydrogen-bond acceptors (Lipinski definition) is 5. The summed E-state index contributed by atoms with van der Waals surface area (Å²) < 4.78 is 0. The van der Waals surface area contributed by atoms with E-state index in [4.69, 9.17) is 10.8 Å². The summed E-state index contributed by atoms with van der Waals surface area (Å²) in [6, 6.07) is 1.40. The Labute approximate surface area is 81.0 Å². The molecule has 0 aliphatic rings. The maximum Gasteiger partial charge on any atom is 0.166 e. The molecule has 0 radical (unpaired) electrons. The summed E-state index contributed by atoms with van der Waals surface area (Å²) in [6.45, 7) is 1.42. The zero-order valence-corrected chi connectivity index (χ0v) is 7.68. The molecule has 1 aromatic carbocycles. The number of aliphatic hydroxyl groups is 1. The van der Waals surface area contributed by atoms with Gasteiger partial charge in [0, 0.05) is 0 Å². The zero-order valence-electron chi connectivity index (χ0n) is 7.68. The lowest BCUT2D eigenvalue weighted by molar-refractivity contribution is 0.161. The van der Waals surface area contributed by atoms with Crippen LogP contribution in [-0.2, 0) is 0 Å². The predicted octanol–water partition coefficient (Wildman–Crippen LogP) is 0.184.